The number of carbonyl (C=O) groups excluding carboxylic acids is 2. The molecular weight excluding hydrogens is 564 g/mol. The number of aliphatic imine (C=N–C) groups is 1. The molecule has 4 rings (SSSR count). The van der Waals surface area contributed by atoms with E-state index in [2.05, 4.69) is 10.3 Å². The molecule has 1 aromatic heterocycles. The van der Waals surface area contributed by atoms with Crippen molar-refractivity contribution in [3.8, 4) is 0 Å². The van der Waals surface area contributed by atoms with Gasteiger partial charge in [-0.05, 0) is 61.5 Å². The first-order chi connectivity index (χ1) is 14.8. The van der Waals surface area contributed by atoms with E-state index >= 15 is 0 Å². The molecule has 0 spiro atoms. The number of nitrogens with one attached hydrogen (secondary N) is 1. The van der Waals surface area contributed by atoms with Crippen LogP contribution in [-0.2, 0) is 26.5 Å². The minimum Gasteiger partial charge on any atom is -1.00 e. The van der Waals surface area contributed by atoms with Gasteiger partial charge in [-0.15, -0.1) is 0 Å². The zero-order valence-corrected chi connectivity index (χ0v) is 20.6. The summed E-state index contributed by atoms with van der Waals surface area (Å²) in [5, 5.41) is 3.91. The van der Waals surface area contributed by atoms with Crippen LogP contribution in [0.25, 0.3) is 0 Å². The van der Waals surface area contributed by atoms with Gasteiger partial charge in [-0.2, -0.15) is 4.57 Å². The topological polar surface area (TPSA) is 71.6 Å². The maximum Gasteiger partial charge on any atom is 0.374 e. The van der Waals surface area contributed by atoms with E-state index in [1.54, 1.807) is 72.3 Å². The summed E-state index contributed by atoms with van der Waals surface area (Å²) in [5.74, 6) is -0.973. The Morgan fingerprint density at radius 2 is 1.66 bits per heavy atom. The van der Waals surface area contributed by atoms with Gasteiger partial charge in [0, 0.05) is 27.9 Å². The molecule has 32 heavy (non-hydrogen) atoms. The van der Waals surface area contributed by atoms with E-state index < -0.39 is 17.5 Å². The van der Waals surface area contributed by atoms with Gasteiger partial charge in [-0.1, -0.05) is 23.2 Å². The zero-order valence-electron chi connectivity index (χ0n) is 16.9. The highest BCUT2D eigenvalue weighted by atomic mass is 127. The molecule has 6 nitrogen and oxygen atoms in total. The number of esters is 1. The van der Waals surface area contributed by atoms with Crippen LogP contribution >= 0.6 is 23.2 Å². The third-order valence-electron chi connectivity index (χ3n) is 4.88. The van der Waals surface area contributed by atoms with E-state index in [4.69, 9.17) is 27.9 Å². The summed E-state index contributed by atoms with van der Waals surface area (Å²) in [6.45, 7) is 1.71. The Kier molecular flexibility index (Phi) is 7.53. The van der Waals surface area contributed by atoms with Gasteiger partial charge in [-0.25, -0.2) is 9.79 Å². The van der Waals surface area contributed by atoms with E-state index in [-0.39, 0.29) is 36.2 Å². The molecule has 1 amide bonds. The van der Waals surface area contributed by atoms with Crippen LogP contribution in [-0.4, -0.2) is 17.6 Å². The molecule has 1 aliphatic rings. The SMILES string of the molecule is CC1(C(=Nc2ccc(Cl)cc2)C(=O)Nc2ccc(Cl)cc2)OC(=O)C[n+]2ccccc21.[I-]. The van der Waals surface area contributed by atoms with Crippen LogP contribution in [0, 0.1) is 0 Å². The molecule has 1 unspecified atom stereocenters. The number of nitrogens with zero attached hydrogens (tertiary/aromatic N) is 2. The fourth-order valence-corrected chi connectivity index (χ4v) is 3.66. The Morgan fingerprint density at radius 3 is 2.31 bits per heavy atom. The van der Waals surface area contributed by atoms with E-state index in [9.17, 15) is 9.59 Å². The van der Waals surface area contributed by atoms with Gasteiger partial charge in [0.25, 0.3) is 5.91 Å². The fraction of sp³-hybridized carbons (Fsp3) is 0.130. The van der Waals surface area contributed by atoms with Crippen molar-refractivity contribution in [1.29, 1.82) is 0 Å². The number of aromatic nitrogens is 1. The van der Waals surface area contributed by atoms with Crippen LogP contribution in [0.15, 0.2) is 77.9 Å². The second-order valence-electron chi connectivity index (χ2n) is 7.12. The molecule has 0 saturated carbocycles. The lowest BCUT2D eigenvalue weighted by molar-refractivity contribution is -0.705. The van der Waals surface area contributed by atoms with Gasteiger partial charge in [0.2, 0.25) is 17.8 Å². The molecular formula is C23H18Cl2IN3O3. The number of hydrogen-bond donors (Lipinski definition) is 1. The average molecular weight is 582 g/mol. The number of carbonyl (C=O) groups is 2. The molecule has 0 saturated heterocycles. The number of hydrogen-bond acceptors (Lipinski definition) is 4. The number of anilines is 1. The quantitative estimate of drug-likeness (QED) is 0.220. The molecule has 9 heteroatoms. The van der Waals surface area contributed by atoms with Crippen molar-refractivity contribution in [1.82, 2.24) is 0 Å². The lowest BCUT2D eigenvalue weighted by atomic mass is 9.92. The van der Waals surface area contributed by atoms with Crippen LogP contribution in [0.4, 0.5) is 11.4 Å². The van der Waals surface area contributed by atoms with Crippen LogP contribution in [0.1, 0.15) is 12.6 Å². The van der Waals surface area contributed by atoms with Crippen LogP contribution in [0.2, 0.25) is 10.0 Å². The lowest BCUT2D eigenvalue weighted by Gasteiger charge is -2.31. The second kappa shape index (κ2) is 9.97. The summed E-state index contributed by atoms with van der Waals surface area (Å²) < 4.78 is 7.49. The van der Waals surface area contributed by atoms with Crippen molar-refractivity contribution in [2.45, 2.75) is 19.1 Å². The number of pyridine rings is 1. The van der Waals surface area contributed by atoms with E-state index in [0.29, 0.717) is 27.1 Å². The fourth-order valence-electron chi connectivity index (χ4n) is 3.41. The van der Waals surface area contributed by atoms with Crippen LogP contribution in [0.5, 0.6) is 0 Å². The molecule has 2 heterocycles. The first kappa shape index (κ1) is 24.2. The Balaban J connectivity index is 0.00000289. The van der Waals surface area contributed by atoms with Crippen molar-refractivity contribution < 1.29 is 42.9 Å². The molecule has 1 atom stereocenters. The monoisotopic (exact) mass is 581 g/mol. The predicted octanol–water partition coefficient (Wildman–Crippen LogP) is 1.47. The first-order valence-electron chi connectivity index (χ1n) is 9.47. The summed E-state index contributed by atoms with van der Waals surface area (Å²) in [4.78, 5) is 30.4. The standard InChI is InChI=1S/C23H17Cl2N3O3.HI/c1-23(19-4-2-3-13-28(19)14-20(29)31-23)21(26-17-9-5-15(24)6-10-17)22(30)27-18-11-7-16(25)8-12-18;/h2-13H,14H2,1H3;1H. The molecule has 0 aliphatic carbocycles. The highest BCUT2D eigenvalue weighted by molar-refractivity contribution is 6.46. The summed E-state index contributed by atoms with van der Waals surface area (Å²) >= 11 is 11.9. The molecule has 0 radical (unpaired) electrons. The number of ether oxygens (including phenoxy) is 1. The Hall–Kier alpha value is -2.49. The average Bonchev–Trinajstić information content (AvgIpc) is 2.74. The summed E-state index contributed by atoms with van der Waals surface area (Å²) in [5.41, 5.74) is 0.277. The lowest BCUT2D eigenvalue weighted by Crippen LogP contribution is -3.00. The largest absolute Gasteiger partial charge is 1.00 e. The molecule has 1 aliphatic heterocycles. The number of fused-ring (bicyclic) bond motifs is 1. The summed E-state index contributed by atoms with van der Waals surface area (Å²) in [6, 6.07) is 18.8. The number of rotatable bonds is 4. The van der Waals surface area contributed by atoms with Crippen LogP contribution in [0.3, 0.4) is 0 Å². The van der Waals surface area contributed by atoms with Gasteiger partial charge >= 0.3 is 5.97 Å². The summed E-state index contributed by atoms with van der Waals surface area (Å²) in [7, 11) is 0. The third-order valence-corrected chi connectivity index (χ3v) is 5.39. The van der Waals surface area contributed by atoms with Gasteiger partial charge in [0.05, 0.1) is 5.69 Å². The summed E-state index contributed by atoms with van der Waals surface area (Å²) in [6.07, 6.45) is 1.77. The smallest absolute Gasteiger partial charge is 0.374 e. The molecule has 0 fully saturated rings. The first-order valence-corrected chi connectivity index (χ1v) is 10.2. The van der Waals surface area contributed by atoms with E-state index in [1.807, 2.05) is 12.1 Å². The van der Waals surface area contributed by atoms with Gasteiger partial charge in [0.1, 0.15) is 0 Å². The van der Waals surface area contributed by atoms with Crippen molar-refractivity contribution in [3.05, 3.63) is 88.7 Å². The molecule has 164 valence electrons. The highest BCUT2D eigenvalue weighted by Gasteiger charge is 2.50. The van der Waals surface area contributed by atoms with E-state index in [1.165, 1.54) is 0 Å². The van der Waals surface area contributed by atoms with Crippen molar-refractivity contribution in [3.63, 3.8) is 0 Å². The van der Waals surface area contributed by atoms with Crippen molar-refractivity contribution in [2.75, 3.05) is 5.32 Å². The minimum absolute atomic E-state index is 0. The van der Waals surface area contributed by atoms with Gasteiger partial charge in [-0.3, -0.25) is 4.79 Å². The minimum atomic E-state index is -1.41. The van der Waals surface area contributed by atoms with Gasteiger partial charge in [0.15, 0.2) is 11.9 Å². The van der Waals surface area contributed by atoms with Gasteiger partial charge < -0.3 is 34.0 Å². The Labute approximate surface area is 212 Å². The zero-order chi connectivity index (χ0) is 22.0. The molecule has 3 aromatic rings. The second-order valence-corrected chi connectivity index (χ2v) is 7.99. The molecule has 0 bridgehead atoms. The maximum absolute atomic E-state index is 13.4. The Bertz CT molecular complexity index is 1180. The maximum atomic E-state index is 13.4. The van der Waals surface area contributed by atoms with E-state index in [0.717, 1.165) is 0 Å². The number of cyclic esters (lactones) is 1. The molecule has 2 aromatic carbocycles. The Morgan fingerprint density at radius 1 is 1.03 bits per heavy atom. The van der Waals surface area contributed by atoms with Crippen molar-refractivity contribution >= 4 is 52.2 Å². The highest BCUT2D eigenvalue weighted by Crippen LogP contribution is 2.31. The predicted molar refractivity (Wildman–Crippen MR) is 119 cm³/mol. The number of halogens is 3. The number of amides is 1. The molecule has 1 N–H and O–H groups in total. The third kappa shape index (κ3) is 5.11. The number of benzene rings is 2. The van der Waals surface area contributed by atoms with Crippen LogP contribution < -0.4 is 33.9 Å². The normalized spacial score (nSPS) is 17.6. The van der Waals surface area contributed by atoms with Crippen molar-refractivity contribution in [2.24, 2.45) is 4.99 Å².